The fraction of sp³-hybridized carbons (Fsp3) is 0.240. The summed E-state index contributed by atoms with van der Waals surface area (Å²) < 4.78 is 1.69. The number of carbonyl (C=O) groups excluding carboxylic acids is 1. The van der Waals surface area contributed by atoms with Crippen LogP contribution in [-0.4, -0.2) is 63.6 Å². The van der Waals surface area contributed by atoms with Crippen LogP contribution in [0.25, 0.3) is 16.8 Å². The Morgan fingerprint density at radius 2 is 1.73 bits per heavy atom. The molecule has 4 aromatic rings. The zero-order valence-electron chi connectivity index (χ0n) is 18.8. The number of aryl methyl sites for hydroxylation is 1. The zero-order chi connectivity index (χ0) is 22.8. The van der Waals surface area contributed by atoms with Crippen LogP contribution in [-0.2, 0) is 0 Å². The van der Waals surface area contributed by atoms with Crippen LogP contribution < -0.4 is 10.7 Å². The van der Waals surface area contributed by atoms with Crippen LogP contribution in [0, 0.1) is 6.92 Å². The second-order valence-electron chi connectivity index (χ2n) is 8.44. The van der Waals surface area contributed by atoms with Crippen LogP contribution in [0.5, 0.6) is 0 Å². The quantitative estimate of drug-likeness (QED) is 0.493. The summed E-state index contributed by atoms with van der Waals surface area (Å²) in [5.41, 5.74) is 9.23. The van der Waals surface area contributed by atoms with Gasteiger partial charge in [0.15, 0.2) is 5.65 Å². The predicted molar refractivity (Wildman–Crippen MR) is 130 cm³/mol. The molecule has 1 fully saturated rings. The molecule has 2 N–H and O–H groups in total. The number of amides is 1. The van der Waals surface area contributed by atoms with E-state index in [9.17, 15) is 4.79 Å². The van der Waals surface area contributed by atoms with Crippen molar-refractivity contribution in [3.05, 3.63) is 78.2 Å². The van der Waals surface area contributed by atoms with Gasteiger partial charge in [0.05, 0.1) is 6.20 Å². The lowest BCUT2D eigenvalue weighted by molar-refractivity contribution is 0.102. The van der Waals surface area contributed by atoms with Crippen LogP contribution in [0.2, 0.25) is 0 Å². The van der Waals surface area contributed by atoms with Crippen molar-refractivity contribution in [3.63, 3.8) is 0 Å². The smallest absolute Gasteiger partial charge is 0.274 e. The molecule has 0 spiro atoms. The minimum atomic E-state index is -0.256. The van der Waals surface area contributed by atoms with E-state index >= 15 is 0 Å². The van der Waals surface area contributed by atoms with Crippen LogP contribution in [0.3, 0.4) is 0 Å². The maximum absolute atomic E-state index is 12.9. The largest absolute Gasteiger partial charge is 0.321 e. The Hall–Kier alpha value is -3.75. The van der Waals surface area contributed by atoms with Gasteiger partial charge in [-0.1, -0.05) is 29.8 Å². The molecule has 0 bridgehead atoms. The number of hydrogen-bond donors (Lipinski definition) is 2. The number of hydrogen-bond acceptors (Lipinski definition) is 6. The van der Waals surface area contributed by atoms with Crippen molar-refractivity contribution >= 4 is 22.9 Å². The number of nitrogens with zero attached hydrogens (tertiary/aromatic N) is 5. The molecule has 1 aliphatic heterocycles. The summed E-state index contributed by atoms with van der Waals surface area (Å²) in [7, 11) is 2.14. The molecule has 1 saturated heterocycles. The first-order valence-corrected chi connectivity index (χ1v) is 11.1. The maximum atomic E-state index is 12.9. The topological polar surface area (TPSA) is 77.8 Å². The summed E-state index contributed by atoms with van der Waals surface area (Å²) in [5, 5.41) is 9.53. The molecule has 5 rings (SSSR count). The molecule has 1 aliphatic rings. The molecule has 168 valence electrons. The van der Waals surface area contributed by atoms with Gasteiger partial charge in [-0.2, -0.15) is 5.10 Å². The van der Waals surface area contributed by atoms with Crippen LogP contribution in [0.4, 0.5) is 11.4 Å². The standard InChI is InChI=1S/C25H27N7O/c1-18-4-3-5-19(16-18)22-17-26-32-11-10-23(28-24(22)32)25(33)27-20-6-8-21(9-7-20)29-31-14-12-30(2)13-15-31/h3-11,16-17,29H,12-15H2,1-2H3,(H,27,33). The van der Waals surface area contributed by atoms with E-state index in [0.717, 1.165) is 54.2 Å². The van der Waals surface area contributed by atoms with Gasteiger partial charge >= 0.3 is 0 Å². The Labute approximate surface area is 192 Å². The van der Waals surface area contributed by atoms with Gasteiger partial charge in [-0.3, -0.25) is 4.79 Å². The first kappa shape index (κ1) is 21.1. The zero-order valence-corrected chi connectivity index (χ0v) is 18.8. The number of rotatable bonds is 5. The van der Waals surface area contributed by atoms with E-state index in [2.05, 4.69) is 43.8 Å². The summed E-state index contributed by atoms with van der Waals surface area (Å²) in [6.45, 7) is 6.08. The number of hydrazine groups is 1. The molecular formula is C25H27N7O. The van der Waals surface area contributed by atoms with E-state index < -0.39 is 0 Å². The molecule has 0 unspecified atom stereocenters. The van der Waals surface area contributed by atoms with Gasteiger partial charge in [0.1, 0.15) is 5.69 Å². The Morgan fingerprint density at radius 3 is 2.48 bits per heavy atom. The lowest BCUT2D eigenvalue weighted by Gasteiger charge is -2.33. The van der Waals surface area contributed by atoms with Gasteiger partial charge in [0, 0.05) is 49.3 Å². The highest BCUT2D eigenvalue weighted by molar-refractivity contribution is 6.03. The normalized spacial score (nSPS) is 15.0. The molecule has 0 aliphatic carbocycles. The van der Waals surface area contributed by atoms with Crippen molar-refractivity contribution in [1.29, 1.82) is 0 Å². The Kier molecular flexibility index (Phi) is 5.77. The third-order valence-electron chi connectivity index (χ3n) is 5.86. The van der Waals surface area contributed by atoms with Gasteiger partial charge in [0.25, 0.3) is 5.91 Å². The summed E-state index contributed by atoms with van der Waals surface area (Å²) in [6.07, 6.45) is 3.55. The SMILES string of the molecule is Cc1cccc(-c2cnn3ccc(C(=O)Nc4ccc(NN5CCN(C)CC5)cc4)nc23)c1. The number of carbonyl (C=O) groups is 1. The third kappa shape index (κ3) is 4.72. The summed E-state index contributed by atoms with van der Waals surface area (Å²) in [6, 6.07) is 17.6. The number of nitrogens with one attached hydrogen (secondary N) is 2. The van der Waals surface area contributed by atoms with Crippen LogP contribution in [0.1, 0.15) is 16.1 Å². The lowest BCUT2D eigenvalue weighted by Crippen LogP contribution is -2.46. The molecule has 0 atom stereocenters. The summed E-state index contributed by atoms with van der Waals surface area (Å²) in [5.74, 6) is -0.256. The van der Waals surface area contributed by atoms with Crippen molar-refractivity contribution in [2.45, 2.75) is 6.92 Å². The second kappa shape index (κ2) is 9.01. The molecule has 8 heteroatoms. The number of benzene rings is 2. The van der Waals surface area contributed by atoms with Crippen molar-refractivity contribution in [2.75, 3.05) is 44.0 Å². The predicted octanol–water partition coefficient (Wildman–Crippen LogP) is 3.53. The molecule has 1 amide bonds. The van der Waals surface area contributed by atoms with Crippen molar-refractivity contribution in [2.24, 2.45) is 0 Å². The third-order valence-corrected chi connectivity index (χ3v) is 5.86. The monoisotopic (exact) mass is 441 g/mol. The van der Waals surface area contributed by atoms with E-state index in [0.29, 0.717) is 11.3 Å². The number of piperazine rings is 1. The highest BCUT2D eigenvalue weighted by Crippen LogP contribution is 2.24. The van der Waals surface area contributed by atoms with E-state index in [4.69, 9.17) is 0 Å². The molecule has 2 aromatic heterocycles. The first-order chi connectivity index (χ1) is 16.0. The Bertz CT molecular complexity index is 1270. The summed E-state index contributed by atoms with van der Waals surface area (Å²) >= 11 is 0. The highest BCUT2D eigenvalue weighted by Gasteiger charge is 2.15. The lowest BCUT2D eigenvalue weighted by atomic mass is 10.1. The number of anilines is 2. The minimum Gasteiger partial charge on any atom is -0.321 e. The number of fused-ring (bicyclic) bond motifs is 1. The molecule has 2 aromatic carbocycles. The molecule has 8 nitrogen and oxygen atoms in total. The van der Waals surface area contributed by atoms with Crippen molar-refractivity contribution in [3.8, 4) is 11.1 Å². The fourth-order valence-corrected chi connectivity index (χ4v) is 3.94. The molecule has 33 heavy (non-hydrogen) atoms. The van der Waals surface area contributed by atoms with Gasteiger partial charge in [0.2, 0.25) is 0 Å². The van der Waals surface area contributed by atoms with E-state index in [-0.39, 0.29) is 5.91 Å². The van der Waals surface area contributed by atoms with Gasteiger partial charge in [-0.15, -0.1) is 0 Å². The molecule has 0 radical (unpaired) electrons. The Morgan fingerprint density at radius 1 is 0.970 bits per heavy atom. The minimum absolute atomic E-state index is 0.256. The second-order valence-corrected chi connectivity index (χ2v) is 8.44. The van der Waals surface area contributed by atoms with E-state index in [1.165, 1.54) is 0 Å². The average Bonchev–Trinajstić information content (AvgIpc) is 3.25. The Balaban J connectivity index is 1.29. The number of likely N-dealkylation sites (N-methyl/N-ethyl adjacent to an activating group) is 1. The summed E-state index contributed by atoms with van der Waals surface area (Å²) in [4.78, 5) is 19.8. The molecule has 0 saturated carbocycles. The average molecular weight is 442 g/mol. The van der Waals surface area contributed by atoms with E-state index in [1.54, 1.807) is 23.0 Å². The van der Waals surface area contributed by atoms with Crippen molar-refractivity contribution < 1.29 is 4.79 Å². The van der Waals surface area contributed by atoms with Gasteiger partial charge < -0.3 is 15.6 Å². The van der Waals surface area contributed by atoms with Crippen molar-refractivity contribution in [1.82, 2.24) is 24.5 Å². The van der Waals surface area contributed by atoms with E-state index in [1.807, 2.05) is 49.4 Å². The molecule has 3 heterocycles. The number of aromatic nitrogens is 3. The van der Waals surface area contributed by atoms with Gasteiger partial charge in [-0.25, -0.2) is 14.5 Å². The van der Waals surface area contributed by atoms with Gasteiger partial charge in [-0.05, 0) is 49.9 Å². The van der Waals surface area contributed by atoms with Crippen LogP contribution in [0.15, 0.2) is 67.0 Å². The highest BCUT2D eigenvalue weighted by atomic mass is 16.1. The maximum Gasteiger partial charge on any atom is 0.274 e. The van der Waals surface area contributed by atoms with Crippen LogP contribution >= 0.6 is 0 Å². The first-order valence-electron chi connectivity index (χ1n) is 11.1. The molecular weight excluding hydrogens is 414 g/mol. The fourth-order valence-electron chi connectivity index (χ4n) is 3.94.